The number of halogens is 1. The third-order valence-electron chi connectivity index (χ3n) is 3.05. The third-order valence-corrected chi connectivity index (χ3v) is 3.40. The first-order valence-electron chi connectivity index (χ1n) is 9.52. The first-order chi connectivity index (χ1) is 10.3. The van der Waals surface area contributed by atoms with Crippen LogP contribution in [0, 0.1) is 0 Å². The summed E-state index contributed by atoms with van der Waals surface area (Å²) in [5, 5.41) is 8.56. The van der Waals surface area contributed by atoms with Crippen LogP contribution in [0.4, 0.5) is 0 Å². The highest BCUT2D eigenvalue weighted by atomic mass is 35.5. The van der Waals surface area contributed by atoms with Crippen molar-refractivity contribution in [3.63, 3.8) is 0 Å². The number of hydrogen-bond acceptors (Lipinski definition) is 1. The van der Waals surface area contributed by atoms with Crippen molar-refractivity contribution < 1.29 is 10.6 Å². The van der Waals surface area contributed by atoms with E-state index in [4.69, 9.17) is 22.2 Å². The highest BCUT2D eigenvalue weighted by Crippen LogP contribution is 2.13. The summed E-state index contributed by atoms with van der Waals surface area (Å²) in [7, 11) is 0. The van der Waals surface area contributed by atoms with Gasteiger partial charge in [0.25, 0.3) is 0 Å². The number of rotatable bonds is 14. The Balaban J connectivity index is 3.97. The Morgan fingerprint density at radius 2 is 1.39 bits per heavy atom. The summed E-state index contributed by atoms with van der Waals surface area (Å²) in [6.45, 7) is 2.10. The van der Waals surface area contributed by atoms with Crippen molar-refractivity contribution >= 4 is 11.6 Å². The Kier molecular flexibility index (Phi) is 10.2. The molecule has 1 nitrogen and oxygen atoms in total. The van der Waals surface area contributed by atoms with Crippen molar-refractivity contribution in [1.82, 2.24) is 0 Å². The SMILES string of the molecule is [2H]C([2H])(CCCCCCCC)C([2H])([2H])CCCCC(Cl)CO. The lowest BCUT2D eigenvalue weighted by Gasteiger charge is -2.05. The van der Waals surface area contributed by atoms with E-state index in [-0.39, 0.29) is 18.4 Å². The summed E-state index contributed by atoms with van der Waals surface area (Å²) in [6.07, 6.45) is 5.39. The fourth-order valence-corrected chi connectivity index (χ4v) is 2.00. The molecule has 0 aliphatic heterocycles. The molecule has 18 heavy (non-hydrogen) atoms. The lowest BCUT2D eigenvalue weighted by atomic mass is 10.0. The van der Waals surface area contributed by atoms with Gasteiger partial charge in [-0.05, 0) is 6.42 Å². The van der Waals surface area contributed by atoms with E-state index in [1.165, 1.54) is 19.3 Å². The maximum absolute atomic E-state index is 8.83. The van der Waals surface area contributed by atoms with Crippen molar-refractivity contribution in [1.29, 1.82) is 0 Å². The molecule has 0 aliphatic rings. The molecule has 1 unspecified atom stereocenters. The molecular formula is C16H33ClO. The topological polar surface area (TPSA) is 20.2 Å². The Bertz CT molecular complexity index is 275. The lowest BCUT2D eigenvalue weighted by molar-refractivity contribution is 0.286. The molecule has 0 heterocycles. The van der Waals surface area contributed by atoms with E-state index < -0.39 is 12.7 Å². The van der Waals surface area contributed by atoms with Gasteiger partial charge in [-0.25, -0.2) is 0 Å². The fourth-order valence-electron chi connectivity index (χ4n) is 1.84. The molecule has 0 aromatic rings. The van der Waals surface area contributed by atoms with Gasteiger partial charge in [0.2, 0.25) is 0 Å². The Morgan fingerprint density at radius 1 is 0.889 bits per heavy atom. The van der Waals surface area contributed by atoms with Crippen molar-refractivity contribution in [3.05, 3.63) is 0 Å². The van der Waals surface area contributed by atoms with E-state index in [0.29, 0.717) is 19.3 Å². The van der Waals surface area contributed by atoms with Gasteiger partial charge < -0.3 is 5.11 Å². The minimum absolute atomic E-state index is 0.0622. The van der Waals surface area contributed by atoms with Gasteiger partial charge in [0, 0.05) is 5.48 Å². The van der Waals surface area contributed by atoms with E-state index in [2.05, 4.69) is 6.92 Å². The molecule has 0 saturated carbocycles. The zero-order valence-electron chi connectivity index (χ0n) is 15.9. The van der Waals surface area contributed by atoms with Crippen molar-refractivity contribution in [3.8, 4) is 0 Å². The number of aliphatic hydroxyl groups is 1. The van der Waals surface area contributed by atoms with E-state index in [1.807, 2.05) is 0 Å². The molecule has 0 amide bonds. The first kappa shape index (κ1) is 12.0. The number of unbranched alkanes of at least 4 members (excludes halogenated alkanes) is 6. The zero-order valence-corrected chi connectivity index (χ0v) is 12.6. The van der Waals surface area contributed by atoms with Crippen LogP contribution in [0.15, 0.2) is 0 Å². The molecule has 0 aromatic heterocycles. The summed E-state index contributed by atoms with van der Waals surface area (Å²) in [6, 6.07) is 0. The zero-order chi connectivity index (χ0) is 17.1. The van der Waals surface area contributed by atoms with E-state index in [1.54, 1.807) is 0 Å². The average Bonchev–Trinajstić information content (AvgIpc) is 2.46. The molecule has 0 aliphatic carbocycles. The average molecular weight is 281 g/mol. The van der Waals surface area contributed by atoms with Gasteiger partial charge in [-0.15, -0.1) is 11.6 Å². The third kappa shape index (κ3) is 14.3. The molecule has 0 aromatic carbocycles. The smallest absolute Gasteiger partial charge is 0.0595 e. The molecule has 0 spiro atoms. The van der Waals surface area contributed by atoms with Gasteiger partial charge >= 0.3 is 0 Å². The van der Waals surface area contributed by atoms with Crippen molar-refractivity contribution in [2.45, 2.75) is 95.7 Å². The Hall–Kier alpha value is 0.250. The van der Waals surface area contributed by atoms with Crippen LogP contribution < -0.4 is 0 Å². The van der Waals surface area contributed by atoms with Crippen LogP contribution in [0.2, 0.25) is 0 Å². The second kappa shape index (κ2) is 15.3. The molecule has 0 radical (unpaired) electrons. The first-order valence-corrected chi connectivity index (χ1v) is 7.95. The molecule has 2 heteroatoms. The van der Waals surface area contributed by atoms with Crippen LogP contribution in [-0.2, 0) is 0 Å². The summed E-state index contributed by atoms with van der Waals surface area (Å²) < 4.78 is 32.1. The molecular weight excluding hydrogens is 244 g/mol. The Morgan fingerprint density at radius 3 is 1.94 bits per heavy atom. The van der Waals surface area contributed by atoms with Crippen molar-refractivity contribution in [2.75, 3.05) is 6.61 Å². The lowest BCUT2D eigenvalue weighted by Crippen LogP contribution is -2.03. The molecule has 1 atom stereocenters. The van der Waals surface area contributed by atoms with Gasteiger partial charge in [-0.2, -0.15) is 0 Å². The highest BCUT2D eigenvalue weighted by molar-refractivity contribution is 6.20. The molecule has 0 saturated heterocycles. The van der Waals surface area contributed by atoms with E-state index in [9.17, 15) is 0 Å². The maximum Gasteiger partial charge on any atom is 0.0595 e. The summed E-state index contributed by atoms with van der Waals surface area (Å²) in [5.41, 5.74) is 0. The normalized spacial score (nSPS) is 17.7. The second-order valence-corrected chi connectivity index (χ2v) is 5.51. The van der Waals surface area contributed by atoms with Crippen LogP contribution in [0.3, 0.4) is 0 Å². The standard InChI is InChI=1S/C16H33ClO/c1-2-3-4-5-6-7-8-9-10-11-12-13-14-16(17)15-18/h16,18H,2-15H2,1H3/i9D2,10D2. The largest absolute Gasteiger partial charge is 0.395 e. The summed E-state index contributed by atoms with van der Waals surface area (Å²) in [5.74, 6) is 0. The highest BCUT2D eigenvalue weighted by Gasteiger charge is 2.01. The molecule has 110 valence electrons. The molecule has 0 rings (SSSR count). The quantitative estimate of drug-likeness (QED) is 0.321. The van der Waals surface area contributed by atoms with Crippen LogP contribution in [0.25, 0.3) is 0 Å². The minimum atomic E-state index is -1.79. The summed E-state index contributed by atoms with van der Waals surface area (Å²) in [4.78, 5) is 0. The van der Waals surface area contributed by atoms with Gasteiger partial charge in [0.05, 0.1) is 12.0 Å². The van der Waals surface area contributed by atoms with Gasteiger partial charge in [-0.3, -0.25) is 0 Å². The molecule has 1 N–H and O–H groups in total. The number of hydrogen-bond donors (Lipinski definition) is 1. The minimum Gasteiger partial charge on any atom is -0.395 e. The number of aliphatic hydroxyl groups excluding tert-OH is 1. The van der Waals surface area contributed by atoms with E-state index >= 15 is 0 Å². The van der Waals surface area contributed by atoms with Gasteiger partial charge in [0.15, 0.2) is 0 Å². The molecule has 0 bridgehead atoms. The van der Waals surface area contributed by atoms with Crippen molar-refractivity contribution in [2.24, 2.45) is 0 Å². The van der Waals surface area contributed by atoms with Crippen LogP contribution in [0.1, 0.15) is 95.8 Å². The van der Waals surface area contributed by atoms with Crippen LogP contribution in [0.5, 0.6) is 0 Å². The predicted octanol–water partition coefficient (Wildman–Crippen LogP) is 5.68. The van der Waals surface area contributed by atoms with Gasteiger partial charge in [-0.1, -0.05) is 83.9 Å². The second-order valence-electron chi connectivity index (χ2n) is 4.90. The Labute approximate surface area is 125 Å². The van der Waals surface area contributed by atoms with E-state index in [0.717, 1.165) is 25.7 Å². The molecule has 0 fully saturated rings. The van der Waals surface area contributed by atoms with Gasteiger partial charge in [0.1, 0.15) is 0 Å². The van der Waals surface area contributed by atoms with Crippen LogP contribution in [-0.4, -0.2) is 17.1 Å². The maximum atomic E-state index is 8.83. The summed E-state index contributed by atoms with van der Waals surface area (Å²) >= 11 is 5.81. The number of alkyl halides is 1. The monoisotopic (exact) mass is 280 g/mol. The fraction of sp³-hybridized carbons (Fsp3) is 1.00. The predicted molar refractivity (Wildman–Crippen MR) is 82.4 cm³/mol. The van der Waals surface area contributed by atoms with Crippen LogP contribution >= 0.6 is 11.6 Å².